The maximum atomic E-state index is 11.6. The SMILES string of the molecule is C=C(COC(C)=O)CC1(c2ccccc2)C(CO[Si](C(C)C)(C(C)C)C(C)C)CCCC1(O)O. The third-order valence-electron chi connectivity index (χ3n) is 8.03. The van der Waals surface area contributed by atoms with E-state index in [0.717, 1.165) is 12.0 Å². The van der Waals surface area contributed by atoms with Gasteiger partial charge in [0.2, 0.25) is 0 Å². The minimum Gasteiger partial charge on any atom is -0.461 e. The molecular weight excluding hydrogens is 444 g/mol. The average molecular weight is 491 g/mol. The van der Waals surface area contributed by atoms with Crippen LogP contribution < -0.4 is 0 Å². The standard InChI is InChI=1S/C28H46O5Si/c1-20(2)34(21(3)4,22(5)6)33-19-26-15-12-16-28(30,31)27(26,25-13-10-9-11-14-25)17-23(7)18-32-24(8)29/h9-11,13-14,20-22,26,30-31H,7,12,15-19H2,1-6,8H3. The minimum absolute atomic E-state index is 0.0657. The third kappa shape index (κ3) is 5.67. The number of ether oxygens (including phenoxy) is 1. The van der Waals surface area contributed by atoms with Crippen LogP contribution in [0.1, 0.15) is 79.7 Å². The first-order valence-corrected chi connectivity index (χ1v) is 14.9. The van der Waals surface area contributed by atoms with E-state index in [-0.39, 0.29) is 24.9 Å². The molecule has 0 spiro atoms. The van der Waals surface area contributed by atoms with Crippen molar-refractivity contribution in [2.24, 2.45) is 5.92 Å². The highest BCUT2D eigenvalue weighted by molar-refractivity contribution is 6.77. The monoisotopic (exact) mass is 490 g/mol. The molecule has 192 valence electrons. The Bertz CT molecular complexity index is 796. The van der Waals surface area contributed by atoms with Crippen molar-refractivity contribution in [3.05, 3.63) is 48.0 Å². The molecule has 34 heavy (non-hydrogen) atoms. The van der Waals surface area contributed by atoms with Crippen molar-refractivity contribution in [3.63, 3.8) is 0 Å². The number of esters is 1. The predicted molar refractivity (Wildman–Crippen MR) is 140 cm³/mol. The maximum Gasteiger partial charge on any atom is 0.302 e. The molecule has 2 unspecified atom stereocenters. The van der Waals surface area contributed by atoms with Crippen LogP contribution in [0, 0.1) is 5.92 Å². The second-order valence-electron chi connectivity index (χ2n) is 11.1. The predicted octanol–water partition coefficient (Wildman–Crippen LogP) is 6.11. The number of carbonyl (C=O) groups excluding carboxylic acids is 1. The molecule has 2 rings (SSSR count). The largest absolute Gasteiger partial charge is 0.461 e. The Labute approximate surface area is 207 Å². The van der Waals surface area contributed by atoms with Gasteiger partial charge in [-0.2, -0.15) is 0 Å². The Morgan fingerprint density at radius 3 is 2.15 bits per heavy atom. The van der Waals surface area contributed by atoms with Gasteiger partial charge in [0.15, 0.2) is 14.1 Å². The number of benzene rings is 1. The molecule has 2 N–H and O–H groups in total. The van der Waals surface area contributed by atoms with Crippen molar-refractivity contribution in [2.75, 3.05) is 13.2 Å². The van der Waals surface area contributed by atoms with Crippen molar-refractivity contribution in [1.29, 1.82) is 0 Å². The van der Waals surface area contributed by atoms with Crippen molar-refractivity contribution >= 4 is 14.3 Å². The summed E-state index contributed by atoms with van der Waals surface area (Å²) in [5, 5.41) is 23.1. The molecule has 1 aromatic carbocycles. The van der Waals surface area contributed by atoms with Crippen LogP contribution in [0.5, 0.6) is 0 Å². The molecule has 6 heteroatoms. The lowest BCUT2D eigenvalue weighted by molar-refractivity contribution is -0.249. The van der Waals surface area contributed by atoms with Crippen LogP contribution in [0.25, 0.3) is 0 Å². The molecule has 0 amide bonds. The molecule has 0 bridgehead atoms. The molecule has 0 heterocycles. The van der Waals surface area contributed by atoms with Crippen LogP contribution in [0.3, 0.4) is 0 Å². The molecule has 1 fully saturated rings. The van der Waals surface area contributed by atoms with Gasteiger partial charge >= 0.3 is 5.97 Å². The Morgan fingerprint density at radius 1 is 1.09 bits per heavy atom. The highest BCUT2D eigenvalue weighted by Gasteiger charge is 2.58. The summed E-state index contributed by atoms with van der Waals surface area (Å²) in [6.45, 7) is 19.6. The lowest BCUT2D eigenvalue weighted by Gasteiger charge is -2.54. The molecule has 0 radical (unpaired) electrons. The van der Waals surface area contributed by atoms with Crippen molar-refractivity contribution in [1.82, 2.24) is 0 Å². The summed E-state index contributed by atoms with van der Waals surface area (Å²) in [6, 6.07) is 9.74. The lowest BCUT2D eigenvalue weighted by atomic mass is 9.56. The summed E-state index contributed by atoms with van der Waals surface area (Å²) in [6.07, 6.45) is 2.13. The topological polar surface area (TPSA) is 76.0 Å². The summed E-state index contributed by atoms with van der Waals surface area (Å²) < 4.78 is 12.2. The van der Waals surface area contributed by atoms with Gasteiger partial charge in [-0.3, -0.25) is 4.79 Å². The van der Waals surface area contributed by atoms with Crippen LogP contribution in [-0.4, -0.2) is 43.5 Å². The number of aliphatic hydroxyl groups is 2. The summed E-state index contributed by atoms with van der Waals surface area (Å²) in [5.74, 6) is -2.42. The van der Waals surface area contributed by atoms with E-state index >= 15 is 0 Å². The zero-order valence-corrected chi connectivity index (χ0v) is 23.3. The molecule has 1 saturated carbocycles. The highest BCUT2D eigenvalue weighted by atomic mass is 28.4. The Balaban J connectivity index is 2.54. The molecule has 5 nitrogen and oxygen atoms in total. The molecule has 0 aromatic heterocycles. The van der Waals surface area contributed by atoms with Crippen LogP contribution in [0.4, 0.5) is 0 Å². The quantitative estimate of drug-likeness (QED) is 0.169. The number of carbonyl (C=O) groups is 1. The zero-order valence-electron chi connectivity index (χ0n) is 22.3. The van der Waals surface area contributed by atoms with Gasteiger partial charge in [0.05, 0.1) is 5.41 Å². The van der Waals surface area contributed by atoms with Crippen LogP contribution >= 0.6 is 0 Å². The van der Waals surface area contributed by atoms with Gasteiger partial charge < -0.3 is 19.4 Å². The third-order valence-corrected chi connectivity index (χ3v) is 14.1. The van der Waals surface area contributed by atoms with Crippen molar-refractivity contribution in [3.8, 4) is 0 Å². The van der Waals surface area contributed by atoms with E-state index in [0.29, 0.717) is 41.6 Å². The number of hydrogen-bond donors (Lipinski definition) is 2. The second kappa shape index (κ2) is 11.5. The van der Waals surface area contributed by atoms with Gasteiger partial charge in [0.25, 0.3) is 0 Å². The van der Waals surface area contributed by atoms with E-state index in [1.165, 1.54) is 6.92 Å². The molecular formula is C28H46O5Si. The van der Waals surface area contributed by atoms with Gasteiger partial charge in [-0.1, -0.05) is 78.5 Å². The summed E-state index contributed by atoms with van der Waals surface area (Å²) in [4.78, 5) is 11.4. The van der Waals surface area contributed by atoms with Crippen LogP contribution in [-0.2, 0) is 19.4 Å². The fraction of sp³-hybridized carbons (Fsp3) is 0.679. The zero-order chi connectivity index (χ0) is 25.7. The van der Waals surface area contributed by atoms with Crippen LogP contribution in [0.15, 0.2) is 42.5 Å². The number of hydrogen-bond acceptors (Lipinski definition) is 5. The van der Waals surface area contributed by atoms with Gasteiger partial charge in [0.1, 0.15) is 6.61 Å². The molecule has 1 aliphatic rings. The molecule has 0 aliphatic heterocycles. The molecule has 1 aromatic rings. The Hall–Kier alpha value is -1.47. The van der Waals surface area contributed by atoms with E-state index in [9.17, 15) is 15.0 Å². The summed E-state index contributed by atoms with van der Waals surface area (Å²) in [5.41, 5.74) is 1.84. The van der Waals surface area contributed by atoms with Gasteiger partial charge in [-0.05, 0) is 52.9 Å². The van der Waals surface area contributed by atoms with Gasteiger partial charge in [-0.25, -0.2) is 0 Å². The van der Waals surface area contributed by atoms with Crippen molar-refractivity contribution < 1.29 is 24.2 Å². The first kappa shape index (κ1) is 28.8. The smallest absolute Gasteiger partial charge is 0.302 e. The normalized spacial score (nSPS) is 22.9. The fourth-order valence-electron chi connectivity index (χ4n) is 6.60. The average Bonchev–Trinajstić information content (AvgIpc) is 2.74. The van der Waals surface area contributed by atoms with E-state index in [2.05, 4.69) is 48.1 Å². The van der Waals surface area contributed by atoms with E-state index in [4.69, 9.17) is 9.16 Å². The van der Waals surface area contributed by atoms with E-state index in [1.54, 1.807) is 0 Å². The minimum atomic E-state index is -2.15. The Kier molecular flexibility index (Phi) is 9.74. The molecule has 2 atom stereocenters. The van der Waals surface area contributed by atoms with Crippen LogP contribution in [0.2, 0.25) is 16.6 Å². The fourth-order valence-corrected chi connectivity index (χ4v) is 12.1. The van der Waals surface area contributed by atoms with E-state index in [1.807, 2.05) is 30.3 Å². The van der Waals surface area contributed by atoms with Crippen molar-refractivity contribution in [2.45, 2.75) is 102 Å². The second-order valence-corrected chi connectivity index (χ2v) is 16.5. The Morgan fingerprint density at radius 2 is 1.65 bits per heavy atom. The summed E-state index contributed by atoms with van der Waals surface area (Å²) in [7, 11) is -2.15. The number of rotatable bonds is 11. The molecule has 0 saturated heterocycles. The lowest BCUT2D eigenvalue weighted by Crippen LogP contribution is -2.61. The first-order valence-electron chi connectivity index (χ1n) is 12.8. The highest BCUT2D eigenvalue weighted by Crippen LogP contribution is 2.53. The van der Waals surface area contributed by atoms with Gasteiger partial charge in [-0.15, -0.1) is 0 Å². The van der Waals surface area contributed by atoms with E-state index < -0.39 is 19.5 Å². The first-order chi connectivity index (χ1) is 15.8. The maximum absolute atomic E-state index is 11.6. The van der Waals surface area contributed by atoms with Gasteiger partial charge in [0, 0.05) is 20.0 Å². The summed E-state index contributed by atoms with van der Waals surface area (Å²) >= 11 is 0. The molecule has 1 aliphatic carbocycles.